The van der Waals surface area contributed by atoms with Gasteiger partial charge in [-0.3, -0.25) is 4.68 Å². The van der Waals surface area contributed by atoms with Gasteiger partial charge in [-0.1, -0.05) is 0 Å². The number of ether oxygens (including phenoxy) is 1. The molecule has 1 radical (unpaired) electrons. The number of sulfonamides is 1. The number of carbonyl (C=O) groups is 1. The van der Waals surface area contributed by atoms with Gasteiger partial charge in [-0.2, -0.15) is 13.5 Å². The maximum absolute atomic E-state index is 14.9. The van der Waals surface area contributed by atoms with Gasteiger partial charge in [0, 0.05) is 60.1 Å². The predicted octanol–water partition coefficient (Wildman–Crippen LogP) is 3.15. The number of amides is 2. The van der Waals surface area contributed by atoms with E-state index in [1.54, 1.807) is 23.0 Å². The van der Waals surface area contributed by atoms with E-state index in [2.05, 4.69) is 25.0 Å². The number of anilines is 1. The molecule has 1 aliphatic carbocycles. The van der Waals surface area contributed by atoms with E-state index in [9.17, 15) is 17.6 Å². The van der Waals surface area contributed by atoms with Crippen LogP contribution in [0.3, 0.4) is 0 Å². The number of urea groups is 1. The van der Waals surface area contributed by atoms with Gasteiger partial charge in [-0.25, -0.2) is 18.9 Å². The molecule has 3 heterocycles. The number of fused-ring (bicyclic) bond motifs is 1. The maximum Gasteiger partial charge on any atom is 0.333 e. The molecule has 0 spiro atoms. The van der Waals surface area contributed by atoms with E-state index < -0.39 is 21.6 Å². The van der Waals surface area contributed by atoms with Crippen LogP contribution in [0.25, 0.3) is 11.1 Å². The SMILES string of the molecule is COc1cc(-c2cc(F)c3c(c2NC(=O)NS(=O)(=O)c2ccn(C(C)(C)CN4CCC4)n2)CCC3)ccn1.[Na]. The number of hydrogen-bond donors (Lipinski definition) is 2. The van der Waals surface area contributed by atoms with Gasteiger partial charge in [0.1, 0.15) is 5.82 Å². The fraction of sp³-hybridized carbons (Fsp3) is 0.423. The Kier molecular flexibility index (Phi) is 8.72. The normalized spacial score (nSPS) is 15.2. The monoisotopic (exact) mass is 565 g/mol. The molecule has 2 amide bonds. The van der Waals surface area contributed by atoms with E-state index in [1.165, 1.54) is 25.4 Å². The van der Waals surface area contributed by atoms with Gasteiger partial charge in [-0.15, -0.1) is 0 Å². The zero-order valence-corrected chi connectivity index (χ0v) is 25.4. The van der Waals surface area contributed by atoms with Crippen LogP contribution in [0.2, 0.25) is 0 Å². The zero-order chi connectivity index (χ0) is 27.1. The van der Waals surface area contributed by atoms with E-state index in [4.69, 9.17) is 4.74 Å². The number of aromatic nitrogens is 3. The fourth-order valence-electron chi connectivity index (χ4n) is 5.05. The molecular formula is C26H31FN6NaO4S. The Morgan fingerprint density at radius 2 is 1.90 bits per heavy atom. The average Bonchev–Trinajstić information content (AvgIpc) is 3.54. The van der Waals surface area contributed by atoms with Gasteiger partial charge < -0.3 is 15.0 Å². The summed E-state index contributed by atoms with van der Waals surface area (Å²) in [6.45, 7) is 6.73. The summed E-state index contributed by atoms with van der Waals surface area (Å²) < 4.78 is 49.9. The van der Waals surface area contributed by atoms with E-state index in [0.717, 1.165) is 32.5 Å². The first-order valence-electron chi connectivity index (χ1n) is 12.5. The average molecular weight is 566 g/mol. The number of halogens is 1. The summed E-state index contributed by atoms with van der Waals surface area (Å²) >= 11 is 0. The number of carbonyl (C=O) groups excluding carboxylic acids is 1. The number of hydrogen-bond acceptors (Lipinski definition) is 7. The third-order valence-electron chi connectivity index (χ3n) is 7.09. The Bertz CT molecular complexity index is 1490. The first kappa shape index (κ1) is 29.5. The Labute approximate surface area is 249 Å². The minimum atomic E-state index is -4.26. The number of pyridine rings is 1. The van der Waals surface area contributed by atoms with Crippen LogP contribution in [0.15, 0.2) is 41.7 Å². The Morgan fingerprint density at radius 3 is 2.59 bits per heavy atom. The molecule has 10 nitrogen and oxygen atoms in total. The molecule has 2 N–H and O–H groups in total. The van der Waals surface area contributed by atoms with Crippen molar-refractivity contribution in [2.24, 2.45) is 0 Å². The maximum atomic E-state index is 14.9. The summed E-state index contributed by atoms with van der Waals surface area (Å²) in [6.07, 6.45) is 6.11. The van der Waals surface area contributed by atoms with E-state index >= 15 is 0 Å². The smallest absolute Gasteiger partial charge is 0.333 e. The minimum absolute atomic E-state index is 0. The van der Waals surface area contributed by atoms with Crippen LogP contribution < -0.4 is 14.8 Å². The molecule has 3 aromatic rings. The second kappa shape index (κ2) is 11.5. The topological polar surface area (TPSA) is 118 Å². The fourth-order valence-corrected chi connectivity index (χ4v) is 5.89. The van der Waals surface area contributed by atoms with Crippen molar-refractivity contribution in [3.05, 3.63) is 53.6 Å². The summed E-state index contributed by atoms with van der Waals surface area (Å²) in [5.74, 6) is -0.0396. The predicted molar refractivity (Wildman–Crippen MR) is 146 cm³/mol. The Hall–Kier alpha value is -2.51. The molecule has 1 fully saturated rings. The van der Waals surface area contributed by atoms with E-state index in [-0.39, 0.29) is 40.4 Å². The van der Waals surface area contributed by atoms with Crippen molar-refractivity contribution in [3.63, 3.8) is 0 Å². The van der Waals surface area contributed by atoms with Gasteiger partial charge in [0.15, 0.2) is 5.03 Å². The number of nitrogens with one attached hydrogen (secondary N) is 2. The summed E-state index contributed by atoms with van der Waals surface area (Å²) in [7, 11) is -2.79. The second-order valence-corrected chi connectivity index (χ2v) is 11.9. The van der Waals surface area contributed by atoms with Gasteiger partial charge in [0.05, 0.1) is 18.3 Å². The summed E-state index contributed by atoms with van der Waals surface area (Å²) in [5, 5.41) is 6.69. The van der Waals surface area contributed by atoms with Gasteiger partial charge in [0.25, 0.3) is 10.0 Å². The van der Waals surface area contributed by atoms with Gasteiger partial charge >= 0.3 is 6.03 Å². The van der Waals surface area contributed by atoms with Crippen molar-refractivity contribution < 1.29 is 22.3 Å². The second-order valence-electron chi connectivity index (χ2n) is 10.3. The molecule has 2 aliphatic rings. The number of methoxy groups -OCH3 is 1. The van der Waals surface area contributed by atoms with E-state index in [0.29, 0.717) is 46.7 Å². The van der Waals surface area contributed by atoms with E-state index in [1.807, 2.05) is 13.8 Å². The Balaban J connectivity index is 0.00000353. The van der Waals surface area contributed by atoms with Crippen LogP contribution in [0.4, 0.5) is 14.9 Å². The molecule has 1 aromatic carbocycles. The zero-order valence-electron chi connectivity index (χ0n) is 22.6. The quantitative estimate of drug-likeness (QED) is 0.403. The molecule has 1 saturated heterocycles. The number of benzene rings is 1. The summed E-state index contributed by atoms with van der Waals surface area (Å²) in [4.78, 5) is 19.4. The van der Waals surface area contributed by atoms with Crippen LogP contribution in [0, 0.1) is 5.82 Å². The molecule has 203 valence electrons. The van der Waals surface area contributed by atoms with Crippen LogP contribution in [0.5, 0.6) is 5.88 Å². The van der Waals surface area contributed by atoms with Crippen molar-refractivity contribution in [1.82, 2.24) is 24.4 Å². The summed E-state index contributed by atoms with van der Waals surface area (Å²) in [6, 6.07) is 5.07. The molecule has 13 heteroatoms. The van der Waals surface area contributed by atoms with Crippen LogP contribution in [-0.2, 0) is 28.4 Å². The van der Waals surface area contributed by atoms with Gasteiger partial charge in [-0.05, 0) is 87.5 Å². The van der Waals surface area contributed by atoms with Crippen molar-refractivity contribution in [1.29, 1.82) is 0 Å². The minimum Gasteiger partial charge on any atom is -0.481 e. The molecule has 5 rings (SSSR count). The molecule has 39 heavy (non-hydrogen) atoms. The standard InChI is InChI=1S/C26H31FN6O4S.Na/c1-26(2,16-32-11-5-12-32)33-13-9-23(30-33)38(35,36)31-25(34)29-24-19-7-4-6-18(19)21(27)15-20(24)17-8-10-28-22(14-17)37-3;/h8-10,13-15H,4-7,11-12,16H2,1-3H3,(H2,29,31,34);. The first-order valence-corrected chi connectivity index (χ1v) is 14.0. The van der Waals surface area contributed by atoms with Crippen molar-refractivity contribution in [2.75, 3.05) is 32.1 Å². The van der Waals surface area contributed by atoms with Gasteiger partial charge in [0.2, 0.25) is 5.88 Å². The molecule has 1 aliphatic heterocycles. The number of likely N-dealkylation sites (tertiary alicyclic amines) is 1. The van der Waals surface area contributed by atoms with Crippen molar-refractivity contribution >= 4 is 51.3 Å². The molecule has 0 bridgehead atoms. The third-order valence-corrected chi connectivity index (χ3v) is 8.31. The van der Waals surface area contributed by atoms with Crippen molar-refractivity contribution in [3.8, 4) is 17.0 Å². The Morgan fingerprint density at radius 1 is 1.15 bits per heavy atom. The molecule has 2 aromatic heterocycles. The van der Waals surface area contributed by atoms with Crippen LogP contribution >= 0.6 is 0 Å². The number of rotatable bonds is 8. The molecule has 0 unspecified atom stereocenters. The van der Waals surface area contributed by atoms with Crippen LogP contribution in [-0.4, -0.2) is 90.4 Å². The molecule has 0 saturated carbocycles. The third kappa shape index (κ3) is 6.14. The summed E-state index contributed by atoms with van der Waals surface area (Å²) in [5.41, 5.74) is 2.10. The van der Waals surface area contributed by atoms with Crippen molar-refractivity contribution in [2.45, 2.75) is 50.1 Å². The molecule has 0 atom stereocenters. The van der Waals surface area contributed by atoms with Crippen LogP contribution in [0.1, 0.15) is 37.8 Å². The number of nitrogens with zero attached hydrogens (tertiary/aromatic N) is 4. The largest absolute Gasteiger partial charge is 0.481 e. The molecular weight excluding hydrogens is 534 g/mol. The first-order chi connectivity index (χ1) is 18.1.